The number of hydrogen-bond acceptors (Lipinski definition) is 9. The number of carbonyl (C=O) groups excluding carboxylic acids is 2. The zero-order valence-electron chi connectivity index (χ0n) is 16.3. The van der Waals surface area contributed by atoms with Gasteiger partial charge in [0.2, 0.25) is 0 Å². The van der Waals surface area contributed by atoms with Gasteiger partial charge in [0.25, 0.3) is 11.6 Å². The average Bonchev–Trinajstić information content (AvgIpc) is 3.44. The van der Waals surface area contributed by atoms with Crippen molar-refractivity contribution in [3.8, 4) is 11.3 Å². The van der Waals surface area contributed by atoms with Crippen LogP contribution in [0.4, 0.5) is 10.8 Å². The number of carbonyl (C=O) groups is 2. The summed E-state index contributed by atoms with van der Waals surface area (Å²) in [6.07, 6.45) is 0. The van der Waals surface area contributed by atoms with E-state index in [-0.39, 0.29) is 5.69 Å². The van der Waals surface area contributed by atoms with Gasteiger partial charge in [-0.3, -0.25) is 24.9 Å². The number of nitro groups is 1. The fourth-order valence-corrected chi connectivity index (χ4v) is 4.66. The molecule has 0 spiro atoms. The molecule has 12 heteroatoms. The minimum absolute atomic E-state index is 0.0461. The van der Waals surface area contributed by atoms with Crippen molar-refractivity contribution >= 4 is 55.6 Å². The van der Waals surface area contributed by atoms with Crippen LogP contribution in [0, 0.1) is 17.0 Å². The van der Waals surface area contributed by atoms with Crippen molar-refractivity contribution in [1.82, 2.24) is 14.8 Å². The molecule has 0 bridgehead atoms. The van der Waals surface area contributed by atoms with Gasteiger partial charge in [0.1, 0.15) is 9.71 Å². The number of nitrogens with one attached hydrogen (secondary N) is 1. The van der Waals surface area contributed by atoms with Crippen LogP contribution in [0.25, 0.3) is 21.5 Å². The van der Waals surface area contributed by atoms with Crippen LogP contribution in [0.3, 0.4) is 0 Å². The molecule has 0 unspecified atom stereocenters. The van der Waals surface area contributed by atoms with E-state index in [1.54, 1.807) is 35.3 Å². The lowest BCUT2D eigenvalue weighted by Gasteiger charge is -2.03. The lowest BCUT2D eigenvalue weighted by atomic mass is 10.1. The topological polar surface area (TPSA) is 129 Å². The first-order valence-electron chi connectivity index (χ1n) is 8.92. The number of esters is 1. The van der Waals surface area contributed by atoms with E-state index in [1.807, 2.05) is 6.92 Å². The summed E-state index contributed by atoms with van der Waals surface area (Å²) in [4.78, 5) is 40.4. The summed E-state index contributed by atoms with van der Waals surface area (Å²) >= 11 is 2.41. The molecular formula is C19H15N5O5S2. The SMILES string of the molecule is Cc1nn(C)c2sc(C(=O)OCC(=O)Nc3nc(-c4cccc([N+](=O)[O-])c4)cs3)cc12. The fraction of sp³-hybridized carbons (Fsp3) is 0.158. The molecule has 1 amide bonds. The Morgan fingerprint density at radius 2 is 2.13 bits per heavy atom. The predicted molar refractivity (Wildman–Crippen MR) is 116 cm³/mol. The lowest BCUT2D eigenvalue weighted by Crippen LogP contribution is -2.20. The van der Waals surface area contributed by atoms with E-state index in [0.717, 1.165) is 27.2 Å². The van der Waals surface area contributed by atoms with Crippen molar-refractivity contribution in [2.45, 2.75) is 6.92 Å². The smallest absolute Gasteiger partial charge is 0.348 e. The molecule has 10 nitrogen and oxygen atoms in total. The van der Waals surface area contributed by atoms with Crippen LogP contribution < -0.4 is 5.32 Å². The Labute approximate surface area is 183 Å². The normalized spacial score (nSPS) is 10.9. The minimum atomic E-state index is -0.591. The molecule has 0 saturated heterocycles. The van der Waals surface area contributed by atoms with E-state index in [0.29, 0.717) is 21.3 Å². The van der Waals surface area contributed by atoms with Gasteiger partial charge in [0.15, 0.2) is 11.7 Å². The molecule has 4 rings (SSSR count). The second kappa shape index (κ2) is 8.24. The Kier molecular flexibility index (Phi) is 5.48. The maximum atomic E-state index is 12.3. The van der Waals surface area contributed by atoms with Crippen LogP contribution in [0.15, 0.2) is 35.7 Å². The Morgan fingerprint density at radius 1 is 1.32 bits per heavy atom. The molecule has 0 saturated carbocycles. The molecule has 1 N–H and O–H groups in total. The maximum Gasteiger partial charge on any atom is 0.348 e. The second-order valence-corrected chi connectivity index (χ2v) is 8.40. The first kappa shape index (κ1) is 20.6. The fourth-order valence-electron chi connectivity index (χ4n) is 2.91. The van der Waals surface area contributed by atoms with Crippen molar-refractivity contribution < 1.29 is 19.2 Å². The third kappa shape index (κ3) is 4.29. The highest BCUT2D eigenvalue weighted by molar-refractivity contribution is 7.20. The number of thiazole rings is 1. The number of nitro benzene ring substituents is 1. The van der Waals surface area contributed by atoms with Crippen molar-refractivity contribution in [3.05, 3.63) is 56.4 Å². The van der Waals surface area contributed by atoms with Gasteiger partial charge in [0, 0.05) is 35.5 Å². The number of rotatable bonds is 6. The molecular weight excluding hydrogens is 442 g/mol. The summed E-state index contributed by atoms with van der Waals surface area (Å²) in [5.74, 6) is -1.13. The van der Waals surface area contributed by atoms with Crippen LogP contribution >= 0.6 is 22.7 Å². The van der Waals surface area contributed by atoms with Crippen LogP contribution in [0.5, 0.6) is 0 Å². The van der Waals surface area contributed by atoms with Gasteiger partial charge in [-0.15, -0.1) is 22.7 Å². The standard InChI is InChI=1S/C19H15N5O5S2/c1-10-13-7-15(31-17(13)23(2)22-10)18(26)29-8-16(25)21-19-20-14(9-30-19)11-4-3-5-12(6-11)24(27)28/h3-7,9H,8H2,1-2H3,(H,20,21,25). The minimum Gasteiger partial charge on any atom is -0.451 e. The third-order valence-electron chi connectivity index (χ3n) is 4.33. The number of anilines is 1. The van der Waals surface area contributed by atoms with Gasteiger partial charge in [0.05, 0.1) is 16.3 Å². The Balaban J connectivity index is 1.37. The monoisotopic (exact) mass is 457 g/mol. The second-order valence-electron chi connectivity index (χ2n) is 6.51. The molecule has 3 heterocycles. The summed E-state index contributed by atoms with van der Waals surface area (Å²) in [6.45, 7) is 1.39. The number of fused-ring (bicyclic) bond motifs is 1. The number of thiophene rings is 1. The zero-order valence-corrected chi connectivity index (χ0v) is 18.0. The highest BCUT2D eigenvalue weighted by atomic mass is 32.1. The van der Waals surface area contributed by atoms with E-state index in [2.05, 4.69) is 15.4 Å². The molecule has 3 aromatic heterocycles. The van der Waals surface area contributed by atoms with E-state index >= 15 is 0 Å². The summed E-state index contributed by atoms with van der Waals surface area (Å²) in [7, 11) is 1.80. The maximum absolute atomic E-state index is 12.3. The van der Waals surface area contributed by atoms with Crippen LogP contribution in [0.1, 0.15) is 15.4 Å². The van der Waals surface area contributed by atoms with Gasteiger partial charge >= 0.3 is 5.97 Å². The van der Waals surface area contributed by atoms with Gasteiger partial charge in [-0.1, -0.05) is 12.1 Å². The van der Waals surface area contributed by atoms with Gasteiger partial charge in [-0.05, 0) is 13.0 Å². The quantitative estimate of drug-likeness (QED) is 0.265. The Morgan fingerprint density at radius 3 is 2.87 bits per heavy atom. The molecule has 0 radical (unpaired) electrons. The molecule has 0 aliphatic rings. The van der Waals surface area contributed by atoms with E-state index in [9.17, 15) is 19.7 Å². The molecule has 0 aliphatic carbocycles. The number of hydrogen-bond donors (Lipinski definition) is 1. The molecule has 0 fully saturated rings. The number of non-ortho nitro benzene ring substituents is 1. The first-order chi connectivity index (χ1) is 14.8. The summed E-state index contributed by atoms with van der Waals surface area (Å²) < 4.78 is 6.80. The zero-order chi connectivity index (χ0) is 22.1. The molecule has 4 aromatic rings. The van der Waals surface area contributed by atoms with Crippen molar-refractivity contribution in [1.29, 1.82) is 0 Å². The molecule has 158 valence electrons. The number of ether oxygens (including phenoxy) is 1. The number of aryl methyl sites for hydroxylation is 2. The summed E-state index contributed by atoms with van der Waals surface area (Å²) in [6, 6.07) is 7.76. The van der Waals surface area contributed by atoms with Crippen molar-refractivity contribution in [3.63, 3.8) is 0 Å². The van der Waals surface area contributed by atoms with Crippen LogP contribution in [-0.2, 0) is 16.6 Å². The molecule has 31 heavy (non-hydrogen) atoms. The lowest BCUT2D eigenvalue weighted by molar-refractivity contribution is -0.384. The summed E-state index contributed by atoms with van der Waals surface area (Å²) in [5.41, 5.74) is 1.83. The number of benzene rings is 1. The number of amides is 1. The predicted octanol–water partition coefficient (Wildman–Crippen LogP) is 3.77. The summed E-state index contributed by atoms with van der Waals surface area (Å²) in [5, 5.41) is 20.6. The Hall–Kier alpha value is -3.64. The molecule has 0 atom stereocenters. The largest absolute Gasteiger partial charge is 0.451 e. The van der Waals surface area contributed by atoms with Crippen LogP contribution in [-0.4, -0.2) is 38.2 Å². The number of nitrogens with zero attached hydrogens (tertiary/aromatic N) is 4. The van der Waals surface area contributed by atoms with Gasteiger partial charge < -0.3 is 4.74 Å². The van der Waals surface area contributed by atoms with Crippen molar-refractivity contribution in [2.75, 3.05) is 11.9 Å². The van der Waals surface area contributed by atoms with Crippen LogP contribution in [0.2, 0.25) is 0 Å². The third-order valence-corrected chi connectivity index (χ3v) is 6.27. The van der Waals surface area contributed by atoms with E-state index < -0.39 is 23.4 Å². The first-order valence-corrected chi connectivity index (χ1v) is 10.6. The van der Waals surface area contributed by atoms with E-state index in [4.69, 9.17) is 4.74 Å². The van der Waals surface area contributed by atoms with Gasteiger partial charge in [-0.25, -0.2) is 9.78 Å². The molecule has 0 aliphatic heterocycles. The van der Waals surface area contributed by atoms with E-state index in [1.165, 1.54) is 23.5 Å². The van der Waals surface area contributed by atoms with Gasteiger partial charge in [-0.2, -0.15) is 5.10 Å². The average molecular weight is 457 g/mol. The Bertz CT molecular complexity index is 1290. The highest BCUT2D eigenvalue weighted by Gasteiger charge is 2.18. The van der Waals surface area contributed by atoms with Crippen molar-refractivity contribution in [2.24, 2.45) is 7.05 Å². The highest BCUT2D eigenvalue weighted by Crippen LogP contribution is 2.29. The molecule has 1 aromatic carbocycles. The number of aromatic nitrogens is 3.